The molecule has 1 heterocycles. The van der Waals surface area contributed by atoms with Crippen LogP contribution in [0.15, 0.2) is 0 Å². The number of nitrogens with zero attached hydrogens (tertiary/aromatic N) is 1. The van der Waals surface area contributed by atoms with Crippen LogP contribution < -0.4 is 0 Å². The van der Waals surface area contributed by atoms with E-state index < -0.39 is 11.5 Å². The highest BCUT2D eigenvalue weighted by molar-refractivity contribution is 5.79. The minimum atomic E-state index is -0.581. The second-order valence-electron chi connectivity index (χ2n) is 7.78. The first-order valence-corrected chi connectivity index (χ1v) is 8.92. The van der Waals surface area contributed by atoms with E-state index in [1.165, 1.54) is 19.3 Å². The number of carboxylic acids is 1. The molecule has 3 heteroatoms. The highest BCUT2D eigenvalue weighted by Crippen LogP contribution is 2.44. The summed E-state index contributed by atoms with van der Waals surface area (Å²) in [5.74, 6) is 1.47. The quantitative estimate of drug-likeness (QED) is 0.827. The highest BCUT2D eigenvalue weighted by atomic mass is 16.4. The summed E-state index contributed by atoms with van der Waals surface area (Å²) in [7, 11) is 0. The summed E-state index contributed by atoms with van der Waals surface area (Å²) in [6.45, 7) is 10.1. The first-order chi connectivity index (χ1) is 9.92. The van der Waals surface area contributed by atoms with Crippen LogP contribution in [-0.2, 0) is 4.79 Å². The molecule has 0 radical (unpaired) electrons. The van der Waals surface area contributed by atoms with Gasteiger partial charge in [-0.3, -0.25) is 9.69 Å². The zero-order chi connectivity index (χ0) is 15.6. The van der Waals surface area contributed by atoms with Gasteiger partial charge in [0.15, 0.2) is 0 Å². The molecular formula is C18H33NO2. The Balaban J connectivity index is 2.29. The molecule has 1 aliphatic heterocycles. The summed E-state index contributed by atoms with van der Waals surface area (Å²) >= 11 is 0. The Morgan fingerprint density at radius 3 is 2.67 bits per heavy atom. The maximum Gasteiger partial charge on any atom is 0.324 e. The Labute approximate surface area is 130 Å². The van der Waals surface area contributed by atoms with Gasteiger partial charge in [-0.2, -0.15) is 0 Å². The number of carboxylic acid groups (broad SMARTS) is 1. The van der Waals surface area contributed by atoms with Crippen LogP contribution in [0.2, 0.25) is 0 Å². The molecule has 1 saturated carbocycles. The van der Waals surface area contributed by atoms with Gasteiger partial charge in [0.05, 0.1) is 0 Å². The lowest BCUT2D eigenvalue weighted by Gasteiger charge is -2.48. The molecule has 0 aromatic heterocycles. The number of hydrogen-bond acceptors (Lipinski definition) is 2. The molecular weight excluding hydrogens is 262 g/mol. The Kier molecular flexibility index (Phi) is 5.34. The molecule has 0 amide bonds. The molecule has 21 heavy (non-hydrogen) atoms. The van der Waals surface area contributed by atoms with Gasteiger partial charge in [-0.1, -0.05) is 40.5 Å². The topological polar surface area (TPSA) is 40.5 Å². The van der Waals surface area contributed by atoms with Crippen molar-refractivity contribution in [1.82, 2.24) is 4.90 Å². The molecule has 0 spiro atoms. The van der Waals surface area contributed by atoms with Crippen LogP contribution in [0.1, 0.15) is 72.6 Å². The smallest absolute Gasteiger partial charge is 0.324 e. The first kappa shape index (κ1) is 16.8. The summed E-state index contributed by atoms with van der Waals surface area (Å²) in [5, 5.41) is 9.95. The average Bonchev–Trinajstić information content (AvgIpc) is 2.83. The standard InChI is InChI=1S/C18H33NO2/c1-5-9-18(17(20)21)10-6-11-19(18)16-12-14(4)7-8-15(16)13(2)3/h13-16H,5-12H2,1-4H3,(H,20,21). The van der Waals surface area contributed by atoms with Crippen molar-refractivity contribution in [1.29, 1.82) is 0 Å². The molecule has 2 rings (SSSR count). The van der Waals surface area contributed by atoms with Crippen molar-refractivity contribution in [2.75, 3.05) is 6.54 Å². The third kappa shape index (κ3) is 3.13. The van der Waals surface area contributed by atoms with E-state index in [0.717, 1.165) is 38.1 Å². The SMILES string of the molecule is CCCC1(C(=O)O)CCCN1C1CC(C)CCC1C(C)C. The second-order valence-corrected chi connectivity index (χ2v) is 7.78. The van der Waals surface area contributed by atoms with E-state index >= 15 is 0 Å². The van der Waals surface area contributed by atoms with E-state index in [4.69, 9.17) is 0 Å². The molecule has 3 nitrogen and oxygen atoms in total. The van der Waals surface area contributed by atoms with Gasteiger partial charge < -0.3 is 5.11 Å². The van der Waals surface area contributed by atoms with Crippen LogP contribution >= 0.6 is 0 Å². The Morgan fingerprint density at radius 2 is 2.10 bits per heavy atom. The Hall–Kier alpha value is -0.570. The van der Waals surface area contributed by atoms with Gasteiger partial charge in [0.2, 0.25) is 0 Å². The van der Waals surface area contributed by atoms with Crippen molar-refractivity contribution in [3.63, 3.8) is 0 Å². The van der Waals surface area contributed by atoms with Gasteiger partial charge >= 0.3 is 5.97 Å². The predicted molar refractivity (Wildman–Crippen MR) is 86.3 cm³/mol. The Morgan fingerprint density at radius 1 is 1.38 bits per heavy atom. The van der Waals surface area contributed by atoms with Crippen molar-refractivity contribution in [2.45, 2.75) is 84.2 Å². The van der Waals surface area contributed by atoms with E-state index in [9.17, 15) is 9.90 Å². The fourth-order valence-corrected chi connectivity index (χ4v) is 4.91. The summed E-state index contributed by atoms with van der Waals surface area (Å²) in [5.41, 5.74) is -0.580. The summed E-state index contributed by atoms with van der Waals surface area (Å²) < 4.78 is 0. The van der Waals surface area contributed by atoms with Crippen LogP contribution in [-0.4, -0.2) is 34.1 Å². The van der Waals surface area contributed by atoms with E-state index in [2.05, 4.69) is 32.6 Å². The lowest BCUT2D eigenvalue weighted by Crippen LogP contribution is -2.58. The number of rotatable bonds is 5. The molecule has 0 aromatic rings. The van der Waals surface area contributed by atoms with Crippen molar-refractivity contribution in [2.24, 2.45) is 17.8 Å². The highest BCUT2D eigenvalue weighted by Gasteiger charge is 2.51. The van der Waals surface area contributed by atoms with Crippen molar-refractivity contribution < 1.29 is 9.90 Å². The van der Waals surface area contributed by atoms with Gasteiger partial charge in [0, 0.05) is 6.04 Å². The van der Waals surface area contributed by atoms with Gasteiger partial charge in [-0.15, -0.1) is 0 Å². The normalized spacial score (nSPS) is 38.0. The van der Waals surface area contributed by atoms with E-state index in [0.29, 0.717) is 17.9 Å². The second kappa shape index (κ2) is 6.68. The minimum Gasteiger partial charge on any atom is -0.480 e. The molecule has 1 saturated heterocycles. The molecule has 2 fully saturated rings. The molecule has 2 aliphatic rings. The number of hydrogen-bond donors (Lipinski definition) is 1. The molecule has 1 aliphatic carbocycles. The average molecular weight is 295 g/mol. The van der Waals surface area contributed by atoms with Crippen LogP contribution in [0.4, 0.5) is 0 Å². The Bertz CT molecular complexity index is 368. The zero-order valence-electron chi connectivity index (χ0n) is 14.3. The molecule has 0 bridgehead atoms. The molecule has 4 atom stereocenters. The third-order valence-corrected chi connectivity index (χ3v) is 5.99. The fourth-order valence-electron chi connectivity index (χ4n) is 4.91. The van der Waals surface area contributed by atoms with Crippen molar-refractivity contribution >= 4 is 5.97 Å². The lowest BCUT2D eigenvalue weighted by atomic mass is 9.72. The van der Waals surface area contributed by atoms with Gasteiger partial charge in [0.1, 0.15) is 5.54 Å². The summed E-state index contributed by atoms with van der Waals surface area (Å²) in [6, 6.07) is 0.471. The van der Waals surface area contributed by atoms with Gasteiger partial charge in [-0.25, -0.2) is 0 Å². The monoisotopic (exact) mass is 295 g/mol. The van der Waals surface area contributed by atoms with Gasteiger partial charge in [-0.05, 0) is 56.4 Å². The first-order valence-electron chi connectivity index (χ1n) is 8.92. The third-order valence-electron chi connectivity index (χ3n) is 5.99. The molecule has 1 N–H and O–H groups in total. The number of likely N-dealkylation sites (tertiary alicyclic amines) is 1. The number of carbonyl (C=O) groups is 1. The molecule has 0 aromatic carbocycles. The zero-order valence-corrected chi connectivity index (χ0v) is 14.3. The summed E-state index contributed by atoms with van der Waals surface area (Å²) in [6.07, 6.45) is 7.40. The van der Waals surface area contributed by atoms with Gasteiger partial charge in [0.25, 0.3) is 0 Å². The molecule has 122 valence electrons. The lowest BCUT2D eigenvalue weighted by molar-refractivity contribution is -0.154. The maximum absolute atomic E-state index is 12.1. The van der Waals surface area contributed by atoms with Crippen LogP contribution in [0.25, 0.3) is 0 Å². The maximum atomic E-state index is 12.1. The molecule has 4 unspecified atom stereocenters. The van der Waals surface area contributed by atoms with Crippen molar-refractivity contribution in [3.05, 3.63) is 0 Å². The minimum absolute atomic E-state index is 0.471. The largest absolute Gasteiger partial charge is 0.480 e. The number of aliphatic carboxylic acids is 1. The fraction of sp³-hybridized carbons (Fsp3) is 0.944. The van der Waals surface area contributed by atoms with Crippen LogP contribution in [0.3, 0.4) is 0 Å². The van der Waals surface area contributed by atoms with E-state index in [1.807, 2.05) is 0 Å². The van der Waals surface area contributed by atoms with Crippen LogP contribution in [0, 0.1) is 17.8 Å². The van der Waals surface area contributed by atoms with Crippen molar-refractivity contribution in [3.8, 4) is 0 Å². The predicted octanol–water partition coefficient (Wildman–Crippen LogP) is 4.17. The van der Waals surface area contributed by atoms with E-state index in [1.54, 1.807) is 0 Å². The van der Waals surface area contributed by atoms with Crippen LogP contribution in [0.5, 0.6) is 0 Å². The van der Waals surface area contributed by atoms with E-state index in [-0.39, 0.29) is 0 Å². The summed E-state index contributed by atoms with van der Waals surface area (Å²) in [4.78, 5) is 14.5.